The van der Waals surface area contributed by atoms with Crippen LogP contribution in [0.25, 0.3) is 0 Å². The zero-order valence-corrected chi connectivity index (χ0v) is 13.7. The molecule has 26 heavy (non-hydrogen) atoms. The van der Waals surface area contributed by atoms with Crippen molar-refractivity contribution >= 4 is 11.7 Å². The van der Waals surface area contributed by atoms with E-state index in [9.17, 15) is 27.9 Å². The van der Waals surface area contributed by atoms with Gasteiger partial charge in [-0.1, -0.05) is 18.8 Å². The number of anilines is 1. The Morgan fingerprint density at radius 1 is 1.58 bits per heavy atom. The van der Waals surface area contributed by atoms with Gasteiger partial charge in [0.1, 0.15) is 12.0 Å². The summed E-state index contributed by atoms with van der Waals surface area (Å²) < 4.78 is 42.9. The maximum absolute atomic E-state index is 12.1. The third-order valence-corrected chi connectivity index (χ3v) is 3.72. The van der Waals surface area contributed by atoms with E-state index in [4.69, 9.17) is 10.5 Å². The van der Waals surface area contributed by atoms with Gasteiger partial charge in [0, 0.05) is 12.6 Å². The van der Waals surface area contributed by atoms with Crippen molar-refractivity contribution in [2.45, 2.75) is 44.4 Å². The van der Waals surface area contributed by atoms with Crippen molar-refractivity contribution < 1.29 is 27.8 Å². The predicted molar refractivity (Wildman–Crippen MR) is 83.7 cm³/mol. The molecule has 0 aromatic carbocycles. The Morgan fingerprint density at radius 2 is 2.27 bits per heavy atom. The first kappa shape index (κ1) is 19.7. The summed E-state index contributed by atoms with van der Waals surface area (Å²) in [6.45, 7) is 1.26. The van der Waals surface area contributed by atoms with Crippen molar-refractivity contribution in [1.29, 1.82) is 0 Å². The van der Waals surface area contributed by atoms with Crippen LogP contribution < -0.4 is 16.7 Å². The Kier molecular flexibility index (Phi) is 5.89. The molecule has 1 saturated heterocycles. The molecule has 0 radical (unpaired) electrons. The normalized spacial score (nSPS) is 22.6. The molecule has 142 valence electrons. The SMILES string of the molecule is CC[C@H]1O[C@@H](n2cc(C#CCNC(=O)C(F)(F)F)c(N)nc2=O)C[C@H]1O. The maximum atomic E-state index is 12.1. The molecule has 3 atom stereocenters. The summed E-state index contributed by atoms with van der Waals surface area (Å²) in [5.41, 5.74) is 4.98. The number of nitrogens with one attached hydrogen (secondary N) is 1. The van der Waals surface area contributed by atoms with Crippen molar-refractivity contribution in [1.82, 2.24) is 14.9 Å². The first-order valence-corrected chi connectivity index (χ1v) is 7.69. The van der Waals surface area contributed by atoms with Crippen molar-refractivity contribution in [2.24, 2.45) is 0 Å². The number of aliphatic hydroxyl groups is 1. The lowest BCUT2D eigenvalue weighted by atomic mass is 10.1. The van der Waals surface area contributed by atoms with Gasteiger partial charge in [0.05, 0.1) is 24.3 Å². The van der Waals surface area contributed by atoms with Gasteiger partial charge < -0.3 is 20.9 Å². The van der Waals surface area contributed by atoms with E-state index in [1.165, 1.54) is 6.20 Å². The van der Waals surface area contributed by atoms with E-state index < -0.39 is 42.8 Å². The molecule has 1 aliphatic heterocycles. The highest BCUT2D eigenvalue weighted by molar-refractivity contribution is 5.81. The first-order valence-electron chi connectivity index (χ1n) is 7.69. The van der Waals surface area contributed by atoms with E-state index in [0.29, 0.717) is 6.42 Å². The quantitative estimate of drug-likeness (QED) is 0.637. The lowest BCUT2D eigenvalue weighted by Crippen LogP contribution is -2.36. The summed E-state index contributed by atoms with van der Waals surface area (Å²) in [6, 6.07) is 0. The molecule has 2 rings (SSSR count). The largest absolute Gasteiger partial charge is 0.471 e. The highest BCUT2D eigenvalue weighted by Crippen LogP contribution is 2.29. The molecule has 0 unspecified atom stereocenters. The fourth-order valence-electron chi connectivity index (χ4n) is 2.40. The average Bonchev–Trinajstić information content (AvgIpc) is 2.92. The molecule has 8 nitrogen and oxygen atoms in total. The number of hydrogen-bond acceptors (Lipinski definition) is 6. The number of nitrogen functional groups attached to an aromatic ring is 1. The molecule has 0 aliphatic carbocycles. The van der Waals surface area contributed by atoms with Crippen LogP contribution in [0, 0.1) is 11.8 Å². The smallest absolute Gasteiger partial charge is 0.390 e. The molecule has 1 amide bonds. The summed E-state index contributed by atoms with van der Waals surface area (Å²) in [6.07, 6.45) is -4.90. The molecule has 0 bridgehead atoms. The Balaban J connectivity index is 2.15. The van der Waals surface area contributed by atoms with E-state index in [1.807, 2.05) is 6.92 Å². The predicted octanol–water partition coefficient (Wildman–Crippen LogP) is -0.0861. The van der Waals surface area contributed by atoms with Crippen LogP contribution in [0.5, 0.6) is 0 Å². The molecule has 2 heterocycles. The summed E-state index contributed by atoms with van der Waals surface area (Å²) in [7, 11) is 0. The van der Waals surface area contributed by atoms with Crippen molar-refractivity contribution in [3.05, 3.63) is 22.2 Å². The van der Waals surface area contributed by atoms with Gasteiger partial charge in [-0.3, -0.25) is 9.36 Å². The monoisotopic (exact) mass is 374 g/mol. The van der Waals surface area contributed by atoms with Crippen LogP contribution in [-0.4, -0.2) is 45.5 Å². The number of aliphatic hydroxyl groups excluding tert-OH is 1. The molecule has 0 spiro atoms. The molecule has 11 heteroatoms. The minimum absolute atomic E-state index is 0.0869. The van der Waals surface area contributed by atoms with Gasteiger partial charge in [-0.15, -0.1) is 0 Å². The van der Waals surface area contributed by atoms with Crippen LogP contribution in [0.2, 0.25) is 0 Å². The Morgan fingerprint density at radius 3 is 2.85 bits per heavy atom. The van der Waals surface area contributed by atoms with Crippen LogP contribution >= 0.6 is 0 Å². The van der Waals surface area contributed by atoms with Crippen LogP contribution in [-0.2, 0) is 9.53 Å². The van der Waals surface area contributed by atoms with Crippen molar-refractivity contribution in [3.63, 3.8) is 0 Å². The lowest BCUT2D eigenvalue weighted by molar-refractivity contribution is -0.173. The van der Waals surface area contributed by atoms with Gasteiger partial charge in [-0.25, -0.2) is 4.79 Å². The number of nitrogens with two attached hydrogens (primary N) is 1. The summed E-state index contributed by atoms with van der Waals surface area (Å²) >= 11 is 0. The molecule has 4 N–H and O–H groups in total. The number of aromatic nitrogens is 2. The Labute approximate surface area is 146 Å². The number of nitrogens with zero attached hydrogens (tertiary/aromatic N) is 2. The topological polar surface area (TPSA) is 119 Å². The van der Waals surface area contributed by atoms with Gasteiger partial charge in [-0.2, -0.15) is 18.2 Å². The minimum Gasteiger partial charge on any atom is -0.390 e. The summed E-state index contributed by atoms with van der Waals surface area (Å²) in [5.74, 6) is 2.44. The number of amides is 1. The average molecular weight is 374 g/mol. The van der Waals surface area contributed by atoms with Crippen LogP contribution in [0.4, 0.5) is 19.0 Å². The molecular weight excluding hydrogens is 357 g/mol. The molecule has 1 aliphatic rings. The standard InChI is InChI=1S/C15H17F3N4O4/c1-2-10-9(23)6-11(26-10)22-7-8(12(19)21-14(22)25)4-3-5-20-13(24)15(16,17)18/h7,9-11,23H,2,5-6H2,1H3,(H,20,24)(H2,19,21,25)/t9-,10-,11-/m1/s1. The van der Waals surface area contributed by atoms with Crippen molar-refractivity contribution in [2.75, 3.05) is 12.3 Å². The number of ether oxygens (including phenoxy) is 1. The van der Waals surface area contributed by atoms with Gasteiger partial charge in [0.15, 0.2) is 0 Å². The van der Waals surface area contributed by atoms with Gasteiger partial charge in [-0.05, 0) is 6.42 Å². The van der Waals surface area contributed by atoms with Crippen LogP contribution in [0.1, 0.15) is 31.6 Å². The molecule has 1 aromatic rings. The number of carbonyl (C=O) groups is 1. The number of halogens is 3. The van der Waals surface area contributed by atoms with Crippen LogP contribution in [0.15, 0.2) is 11.0 Å². The van der Waals surface area contributed by atoms with Crippen molar-refractivity contribution in [3.8, 4) is 11.8 Å². The third-order valence-electron chi connectivity index (χ3n) is 3.72. The first-order chi connectivity index (χ1) is 12.1. The number of carbonyl (C=O) groups excluding carboxylic acids is 1. The van der Waals surface area contributed by atoms with E-state index in [-0.39, 0.29) is 17.8 Å². The number of rotatable bonds is 3. The van der Waals surface area contributed by atoms with Gasteiger partial charge in [0.2, 0.25) is 0 Å². The second-order valence-corrected chi connectivity index (χ2v) is 5.55. The molecule has 1 fully saturated rings. The van der Waals surface area contributed by atoms with E-state index in [0.717, 1.165) is 4.57 Å². The van der Waals surface area contributed by atoms with E-state index in [1.54, 1.807) is 5.32 Å². The van der Waals surface area contributed by atoms with Gasteiger partial charge >= 0.3 is 17.8 Å². The second-order valence-electron chi connectivity index (χ2n) is 5.55. The minimum atomic E-state index is -4.99. The second kappa shape index (κ2) is 7.76. The summed E-state index contributed by atoms with van der Waals surface area (Å²) in [4.78, 5) is 26.3. The Hall–Kier alpha value is -2.58. The van der Waals surface area contributed by atoms with Gasteiger partial charge in [0.25, 0.3) is 0 Å². The third kappa shape index (κ3) is 4.53. The maximum Gasteiger partial charge on any atom is 0.471 e. The zero-order valence-electron chi connectivity index (χ0n) is 13.7. The van der Waals surface area contributed by atoms with E-state index in [2.05, 4.69) is 16.8 Å². The lowest BCUT2D eigenvalue weighted by Gasteiger charge is -2.15. The number of hydrogen-bond donors (Lipinski definition) is 3. The molecule has 1 aromatic heterocycles. The fraction of sp³-hybridized carbons (Fsp3) is 0.533. The molecular formula is C15H17F3N4O4. The highest BCUT2D eigenvalue weighted by Gasteiger charge is 2.38. The fourth-order valence-corrected chi connectivity index (χ4v) is 2.40. The van der Waals surface area contributed by atoms with E-state index >= 15 is 0 Å². The molecule has 0 saturated carbocycles. The zero-order chi connectivity index (χ0) is 19.5. The number of alkyl halides is 3. The van der Waals surface area contributed by atoms with Crippen LogP contribution in [0.3, 0.4) is 0 Å². The summed E-state index contributed by atoms with van der Waals surface area (Å²) in [5, 5.41) is 11.5. The highest BCUT2D eigenvalue weighted by atomic mass is 19.4. The Bertz CT molecular complexity index is 797.